The first-order valence-corrected chi connectivity index (χ1v) is 7.37. The van der Waals surface area contributed by atoms with Crippen LogP contribution in [0.5, 0.6) is 0 Å². The van der Waals surface area contributed by atoms with E-state index in [0.717, 1.165) is 34.9 Å². The molecule has 3 rings (SSSR count). The van der Waals surface area contributed by atoms with E-state index < -0.39 is 0 Å². The van der Waals surface area contributed by atoms with Crippen molar-refractivity contribution < 1.29 is 0 Å². The first-order chi connectivity index (χ1) is 10.2. The largest absolute Gasteiger partial charge is 0.274 e. The van der Waals surface area contributed by atoms with Crippen LogP contribution in [-0.4, -0.2) is 28.3 Å². The van der Waals surface area contributed by atoms with E-state index in [1.807, 2.05) is 22.9 Å². The van der Waals surface area contributed by atoms with Crippen LogP contribution in [-0.2, 0) is 6.54 Å². The Morgan fingerprint density at radius 1 is 1.24 bits per heavy atom. The molecule has 0 bridgehead atoms. The van der Waals surface area contributed by atoms with Crippen LogP contribution in [0.25, 0.3) is 0 Å². The van der Waals surface area contributed by atoms with Gasteiger partial charge in [-0.2, -0.15) is 5.10 Å². The van der Waals surface area contributed by atoms with Gasteiger partial charge in [-0.1, -0.05) is 44.2 Å². The Hall–Kier alpha value is -2.23. The fourth-order valence-corrected chi connectivity index (χ4v) is 2.46. The second-order valence-corrected chi connectivity index (χ2v) is 5.41. The van der Waals surface area contributed by atoms with Crippen molar-refractivity contribution in [2.45, 2.75) is 33.2 Å². The van der Waals surface area contributed by atoms with Gasteiger partial charge in [0, 0.05) is 6.54 Å². The van der Waals surface area contributed by atoms with Gasteiger partial charge in [0.25, 0.3) is 0 Å². The van der Waals surface area contributed by atoms with Crippen molar-refractivity contribution in [3.8, 4) is 0 Å². The second kappa shape index (κ2) is 5.64. The van der Waals surface area contributed by atoms with Gasteiger partial charge in [0.2, 0.25) is 0 Å². The summed E-state index contributed by atoms with van der Waals surface area (Å²) in [7, 11) is 0. The third kappa shape index (κ3) is 2.53. The van der Waals surface area contributed by atoms with E-state index in [2.05, 4.69) is 49.2 Å². The van der Waals surface area contributed by atoms with Crippen molar-refractivity contribution in [3.63, 3.8) is 0 Å². The smallest absolute Gasteiger partial charge is 0.114 e. The fourth-order valence-electron chi connectivity index (χ4n) is 2.46. The summed E-state index contributed by atoms with van der Waals surface area (Å²) in [5.41, 5.74) is 4.92. The Labute approximate surface area is 125 Å². The highest BCUT2D eigenvalue weighted by Crippen LogP contribution is 2.31. The Balaban J connectivity index is 2.16. The first-order valence-electron chi connectivity index (χ1n) is 7.37. The van der Waals surface area contributed by atoms with Crippen LogP contribution < -0.4 is 0 Å². The van der Waals surface area contributed by atoms with E-state index >= 15 is 0 Å². The number of benzene rings is 1. The zero-order valence-corrected chi connectivity index (χ0v) is 12.7. The highest BCUT2D eigenvalue weighted by Gasteiger charge is 2.21. The lowest BCUT2D eigenvalue weighted by Crippen LogP contribution is -2.05. The van der Waals surface area contributed by atoms with Gasteiger partial charge in [0.05, 0.1) is 18.0 Å². The molecule has 107 valence electrons. The van der Waals surface area contributed by atoms with Crippen LogP contribution in [0.3, 0.4) is 0 Å². The van der Waals surface area contributed by atoms with Crippen molar-refractivity contribution >= 4 is 17.6 Å². The van der Waals surface area contributed by atoms with Gasteiger partial charge in [-0.3, -0.25) is 9.67 Å². The molecule has 1 aliphatic heterocycles. The van der Waals surface area contributed by atoms with E-state index in [1.165, 1.54) is 0 Å². The predicted octanol–water partition coefficient (Wildman–Crippen LogP) is 3.46. The number of hydrogen-bond acceptors (Lipinski definition) is 3. The quantitative estimate of drug-likeness (QED) is 0.848. The molecule has 0 spiro atoms. The molecule has 1 aromatic heterocycles. The molecule has 0 fully saturated rings. The molecule has 1 radical (unpaired) electrons. The number of aromatic nitrogens is 2. The van der Waals surface area contributed by atoms with Crippen LogP contribution >= 0.6 is 0 Å². The molecule has 4 heteroatoms. The maximum Gasteiger partial charge on any atom is 0.114 e. The van der Waals surface area contributed by atoms with Crippen molar-refractivity contribution in [1.82, 2.24) is 9.78 Å². The molecule has 0 amide bonds. The minimum atomic E-state index is 0.326. The molecule has 0 saturated heterocycles. The number of aryl methyl sites for hydroxylation is 1. The maximum absolute atomic E-state index is 4.88. The molecular weight excluding hydrogens is 260 g/mol. The van der Waals surface area contributed by atoms with Crippen LogP contribution in [0.15, 0.2) is 40.3 Å². The monoisotopic (exact) mass is 279 g/mol. The molecule has 2 heterocycles. The Bertz CT molecular complexity index is 693. The average molecular weight is 279 g/mol. The number of aliphatic imine (C=N–C) groups is 2. The van der Waals surface area contributed by atoms with Crippen molar-refractivity contribution in [2.24, 2.45) is 9.98 Å². The lowest BCUT2D eigenvalue weighted by Gasteiger charge is -2.04. The number of fused-ring (bicyclic) bond motifs is 1. The van der Waals surface area contributed by atoms with Gasteiger partial charge in [-0.15, -0.1) is 0 Å². The summed E-state index contributed by atoms with van der Waals surface area (Å²) < 4.78 is 1.94. The average Bonchev–Trinajstić information content (AvgIpc) is 2.71. The lowest BCUT2D eigenvalue weighted by atomic mass is 10.1. The van der Waals surface area contributed by atoms with Crippen molar-refractivity contribution in [3.05, 3.63) is 47.3 Å². The summed E-state index contributed by atoms with van der Waals surface area (Å²) in [6.07, 6.45) is 3.13. The molecule has 0 aliphatic carbocycles. The molecule has 0 unspecified atom stereocenters. The van der Waals surface area contributed by atoms with E-state index in [1.54, 1.807) is 0 Å². The summed E-state index contributed by atoms with van der Waals surface area (Å²) in [6, 6.07) is 10.2. The molecule has 1 aromatic carbocycles. The van der Waals surface area contributed by atoms with Crippen molar-refractivity contribution in [2.75, 3.05) is 6.54 Å². The zero-order chi connectivity index (χ0) is 14.8. The maximum atomic E-state index is 4.88. The zero-order valence-electron chi connectivity index (χ0n) is 12.7. The highest BCUT2D eigenvalue weighted by molar-refractivity contribution is 6.06. The summed E-state index contributed by atoms with van der Waals surface area (Å²) in [5.74, 6) is 0.326. The van der Waals surface area contributed by atoms with E-state index in [0.29, 0.717) is 12.5 Å². The standard InChI is InChI=1S/C17H19N4/c1-4-21-15-11-18-10-14(13-8-6-5-7-9-13)19-17(15)16(20-21)12(2)3/h5-9,12H,4,10H2,1-3H3. The van der Waals surface area contributed by atoms with E-state index in [4.69, 9.17) is 4.99 Å². The Kier molecular flexibility index (Phi) is 3.69. The summed E-state index contributed by atoms with van der Waals surface area (Å²) in [5, 5.41) is 4.67. The Morgan fingerprint density at radius 2 is 2.00 bits per heavy atom. The fraction of sp³-hybridized carbons (Fsp3) is 0.353. The normalized spacial score (nSPS) is 14.0. The van der Waals surface area contributed by atoms with Gasteiger partial charge in [0.15, 0.2) is 0 Å². The van der Waals surface area contributed by atoms with Gasteiger partial charge in [-0.25, -0.2) is 4.99 Å². The van der Waals surface area contributed by atoms with Crippen LogP contribution in [0.4, 0.5) is 5.69 Å². The van der Waals surface area contributed by atoms with Crippen molar-refractivity contribution in [1.29, 1.82) is 0 Å². The van der Waals surface area contributed by atoms with Crippen LogP contribution in [0.2, 0.25) is 0 Å². The molecular formula is C17H19N4. The molecule has 2 aromatic rings. The summed E-state index contributed by atoms with van der Waals surface area (Å²) >= 11 is 0. The third-order valence-electron chi connectivity index (χ3n) is 3.57. The SMILES string of the molecule is CCn1nc(C(C)C)c2c1[C]=NCC(c1ccccc1)=N2. The predicted molar refractivity (Wildman–Crippen MR) is 86.0 cm³/mol. The number of hydrogen-bond donors (Lipinski definition) is 0. The highest BCUT2D eigenvalue weighted by atomic mass is 15.3. The van der Waals surface area contributed by atoms with Gasteiger partial charge >= 0.3 is 0 Å². The number of rotatable bonds is 3. The number of nitrogens with zero attached hydrogens (tertiary/aromatic N) is 4. The first kappa shape index (κ1) is 13.7. The minimum absolute atomic E-state index is 0.326. The summed E-state index contributed by atoms with van der Waals surface area (Å²) in [4.78, 5) is 9.29. The van der Waals surface area contributed by atoms with E-state index in [-0.39, 0.29) is 0 Å². The minimum Gasteiger partial charge on any atom is -0.274 e. The van der Waals surface area contributed by atoms with Crippen LogP contribution in [0.1, 0.15) is 43.6 Å². The van der Waals surface area contributed by atoms with Gasteiger partial charge in [-0.05, 0) is 18.4 Å². The van der Waals surface area contributed by atoms with Gasteiger partial charge < -0.3 is 0 Å². The molecule has 4 nitrogen and oxygen atoms in total. The molecule has 21 heavy (non-hydrogen) atoms. The molecule has 0 N–H and O–H groups in total. The Morgan fingerprint density at radius 3 is 2.67 bits per heavy atom. The second-order valence-electron chi connectivity index (χ2n) is 5.41. The summed E-state index contributed by atoms with van der Waals surface area (Å²) in [6.45, 7) is 7.71. The molecule has 1 aliphatic rings. The lowest BCUT2D eigenvalue weighted by molar-refractivity contribution is 0.632. The van der Waals surface area contributed by atoms with Gasteiger partial charge in [0.1, 0.15) is 17.6 Å². The molecule has 0 atom stereocenters. The third-order valence-corrected chi connectivity index (χ3v) is 3.57. The van der Waals surface area contributed by atoms with E-state index in [9.17, 15) is 0 Å². The van der Waals surface area contributed by atoms with Crippen LogP contribution in [0, 0.1) is 0 Å². The topological polar surface area (TPSA) is 42.5 Å². The molecule has 0 saturated carbocycles.